The van der Waals surface area contributed by atoms with E-state index in [2.05, 4.69) is 20.9 Å². The van der Waals surface area contributed by atoms with Crippen molar-refractivity contribution in [2.45, 2.75) is 6.42 Å². The Bertz CT molecular complexity index is 579. The van der Waals surface area contributed by atoms with Crippen LogP contribution in [0.5, 0.6) is 5.75 Å². The van der Waals surface area contributed by atoms with Crippen LogP contribution in [-0.4, -0.2) is 23.2 Å². The van der Waals surface area contributed by atoms with E-state index in [1.807, 2.05) is 12.1 Å². The van der Waals surface area contributed by atoms with Gasteiger partial charge in [-0.15, -0.1) is 0 Å². The zero-order chi connectivity index (χ0) is 13.1. The molecule has 0 aliphatic carbocycles. The fourth-order valence-corrected chi connectivity index (χ4v) is 1.98. The average molecular weight is 312 g/mol. The number of oxazole rings is 1. The minimum atomic E-state index is -0.970. The summed E-state index contributed by atoms with van der Waals surface area (Å²) in [6.07, 6.45) is 1.01. The van der Waals surface area contributed by atoms with E-state index in [9.17, 15) is 4.79 Å². The Morgan fingerprint density at radius 2 is 2.33 bits per heavy atom. The van der Waals surface area contributed by atoms with Crippen molar-refractivity contribution in [1.82, 2.24) is 4.98 Å². The van der Waals surface area contributed by atoms with Crippen LogP contribution < -0.4 is 4.74 Å². The van der Waals surface area contributed by atoms with Gasteiger partial charge in [0.15, 0.2) is 6.39 Å². The summed E-state index contributed by atoms with van der Waals surface area (Å²) in [5.41, 5.74) is 1.17. The van der Waals surface area contributed by atoms with Crippen molar-refractivity contribution in [3.8, 4) is 17.0 Å². The molecule has 0 aliphatic rings. The number of hydrogen-bond acceptors (Lipinski definition) is 4. The van der Waals surface area contributed by atoms with Gasteiger partial charge in [-0.25, -0.2) is 4.98 Å². The van der Waals surface area contributed by atoms with Gasteiger partial charge in [0, 0.05) is 10.0 Å². The molecule has 0 saturated carbocycles. The van der Waals surface area contributed by atoms with Gasteiger partial charge in [0.05, 0.1) is 7.11 Å². The van der Waals surface area contributed by atoms with Crippen LogP contribution in [0.2, 0.25) is 0 Å². The van der Waals surface area contributed by atoms with E-state index in [4.69, 9.17) is 14.3 Å². The highest BCUT2D eigenvalue weighted by Gasteiger charge is 2.17. The zero-order valence-electron chi connectivity index (χ0n) is 9.51. The number of methoxy groups -OCH3 is 1. The number of benzene rings is 1. The molecular formula is C12H10BrNO4. The fraction of sp³-hybridized carbons (Fsp3) is 0.167. The third-order valence-corrected chi connectivity index (χ3v) is 2.86. The van der Waals surface area contributed by atoms with Gasteiger partial charge in [-0.1, -0.05) is 15.9 Å². The SMILES string of the molecule is COc1ccc(Br)cc1-c1ncoc1CC(=O)O. The van der Waals surface area contributed by atoms with Gasteiger partial charge >= 0.3 is 5.97 Å². The summed E-state index contributed by atoms with van der Waals surface area (Å²) in [6.45, 7) is 0. The second-order valence-electron chi connectivity index (χ2n) is 3.54. The van der Waals surface area contributed by atoms with Gasteiger partial charge < -0.3 is 14.3 Å². The third-order valence-electron chi connectivity index (χ3n) is 2.37. The molecule has 0 bridgehead atoms. The van der Waals surface area contributed by atoms with E-state index in [0.717, 1.165) is 4.47 Å². The van der Waals surface area contributed by atoms with Gasteiger partial charge in [0.1, 0.15) is 23.6 Å². The van der Waals surface area contributed by atoms with Crippen LogP contribution in [0.15, 0.2) is 33.5 Å². The van der Waals surface area contributed by atoms with Crippen LogP contribution in [0, 0.1) is 0 Å². The molecule has 0 amide bonds. The first-order valence-electron chi connectivity index (χ1n) is 5.10. The number of carbonyl (C=O) groups is 1. The largest absolute Gasteiger partial charge is 0.496 e. The lowest BCUT2D eigenvalue weighted by Gasteiger charge is -2.07. The molecule has 94 valence electrons. The molecule has 0 spiro atoms. The normalized spacial score (nSPS) is 10.3. The summed E-state index contributed by atoms with van der Waals surface area (Å²) >= 11 is 3.36. The molecule has 1 aromatic carbocycles. The Morgan fingerprint density at radius 1 is 1.56 bits per heavy atom. The van der Waals surface area contributed by atoms with Gasteiger partial charge in [0.25, 0.3) is 0 Å². The maximum atomic E-state index is 10.7. The number of nitrogens with zero attached hydrogens (tertiary/aromatic N) is 1. The van der Waals surface area contributed by atoms with E-state index in [-0.39, 0.29) is 6.42 Å². The lowest BCUT2D eigenvalue weighted by Crippen LogP contribution is -2.01. The number of carboxylic acid groups (broad SMARTS) is 1. The van der Waals surface area contributed by atoms with Crippen molar-refractivity contribution in [3.63, 3.8) is 0 Å². The lowest BCUT2D eigenvalue weighted by atomic mass is 10.1. The highest BCUT2D eigenvalue weighted by atomic mass is 79.9. The van der Waals surface area contributed by atoms with Crippen molar-refractivity contribution in [3.05, 3.63) is 34.8 Å². The van der Waals surface area contributed by atoms with Crippen molar-refractivity contribution in [1.29, 1.82) is 0 Å². The molecular weight excluding hydrogens is 302 g/mol. The smallest absolute Gasteiger partial charge is 0.311 e. The first-order valence-corrected chi connectivity index (χ1v) is 5.89. The first-order chi connectivity index (χ1) is 8.61. The Labute approximate surface area is 112 Å². The number of rotatable bonds is 4. The molecule has 2 aromatic rings. The number of ether oxygens (including phenoxy) is 1. The van der Waals surface area contributed by atoms with Crippen LogP contribution in [0.4, 0.5) is 0 Å². The molecule has 0 aliphatic heterocycles. The Kier molecular flexibility index (Phi) is 3.66. The molecule has 1 heterocycles. The minimum Gasteiger partial charge on any atom is -0.496 e. The number of aromatic nitrogens is 1. The summed E-state index contributed by atoms with van der Waals surface area (Å²) < 4.78 is 11.2. The summed E-state index contributed by atoms with van der Waals surface area (Å²) in [4.78, 5) is 14.8. The van der Waals surface area contributed by atoms with Crippen molar-refractivity contribution >= 4 is 21.9 Å². The molecule has 1 aromatic heterocycles. The lowest BCUT2D eigenvalue weighted by molar-refractivity contribution is -0.136. The highest BCUT2D eigenvalue weighted by Crippen LogP contribution is 2.33. The van der Waals surface area contributed by atoms with Crippen molar-refractivity contribution < 1.29 is 19.1 Å². The fourth-order valence-electron chi connectivity index (χ4n) is 1.62. The van der Waals surface area contributed by atoms with Gasteiger partial charge in [-0.2, -0.15) is 0 Å². The summed E-state index contributed by atoms with van der Waals surface area (Å²) in [5, 5.41) is 8.81. The monoisotopic (exact) mass is 311 g/mol. The van der Waals surface area contributed by atoms with Gasteiger partial charge in [-0.3, -0.25) is 4.79 Å². The summed E-state index contributed by atoms with van der Waals surface area (Å²) in [6, 6.07) is 5.42. The quantitative estimate of drug-likeness (QED) is 0.940. The van der Waals surface area contributed by atoms with E-state index >= 15 is 0 Å². The standard InChI is InChI=1S/C12H10BrNO4/c1-17-9-3-2-7(13)4-8(9)12-10(5-11(15)16)18-6-14-12/h2-4,6H,5H2,1H3,(H,15,16). The molecule has 2 rings (SSSR count). The predicted octanol–water partition coefficient (Wildman–Crippen LogP) is 2.74. The highest BCUT2D eigenvalue weighted by molar-refractivity contribution is 9.10. The molecule has 5 nitrogen and oxygen atoms in total. The van der Waals surface area contributed by atoms with Crippen LogP contribution in [0.3, 0.4) is 0 Å². The Hall–Kier alpha value is -1.82. The first kappa shape index (κ1) is 12.6. The summed E-state index contributed by atoms with van der Waals surface area (Å²) in [5.74, 6) is -0.0559. The number of halogens is 1. The number of hydrogen-bond donors (Lipinski definition) is 1. The topological polar surface area (TPSA) is 72.6 Å². The minimum absolute atomic E-state index is 0.217. The molecule has 0 radical (unpaired) electrons. The molecule has 18 heavy (non-hydrogen) atoms. The molecule has 0 atom stereocenters. The molecule has 0 saturated heterocycles. The Morgan fingerprint density at radius 3 is 3.00 bits per heavy atom. The van der Waals surface area contributed by atoms with Crippen LogP contribution in [-0.2, 0) is 11.2 Å². The molecule has 1 N–H and O–H groups in total. The molecule has 6 heteroatoms. The third kappa shape index (κ3) is 2.53. The molecule has 0 fully saturated rings. The second kappa shape index (κ2) is 5.22. The van der Waals surface area contributed by atoms with Gasteiger partial charge in [0.2, 0.25) is 0 Å². The van der Waals surface area contributed by atoms with E-state index < -0.39 is 5.97 Å². The summed E-state index contributed by atoms with van der Waals surface area (Å²) in [7, 11) is 1.55. The van der Waals surface area contributed by atoms with Gasteiger partial charge in [-0.05, 0) is 18.2 Å². The van der Waals surface area contributed by atoms with E-state index in [1.54, 1.807) is 13.2 Å². The van der Waals surface area contributed by atoms with E-state index in [0.29, 0.717) is 22.8 Å². The average Bonchev–Trinajstić information content (AvgIpc) is 2.76. The maximum absolute atomic E-state index is 10.7. The van der Waals surface area contributed by atoms with Crippen LogP contribution in [0.25, 0.3) is 11.3 Å². The van der Waals surface area contributed by atoms with Crippen molar-refractivity contribution in [2.24, 2.45) is 0 Å². The Balaban J connectivity index is 2.51. The predicted molar refractivity (Wildman–Crippen MR) is 67.5 cm³/mol. The van der Waals surface area contributed by atoms with Crippen LogP contribution >= 0.6 is 15.9 Å². The second-order valence-corrected chi connectivity index (χ2v) is 4.45. The van der Waals surface area contributed by atoms with Crippen molar-refractivity contribution in [2.75, 3.05) is 7.11 Å². The maximum Gasteiger partial charge on any atom is 0.311 e. The number of aliphatic carboxylic acids is 1. The number of carboxylic acids is 1. The van der Waals surface area contributed by atoms with Crippen LogP contribution in [0.1, 0.15) is 5.76 Å². The molecule has 0 unspecified atom stereocenters. The zero-order valence-corrected chi connectivity index (χ0v) is 11.1. The van der Waals surface area contributed by atoms with E-state index in [1.165, 1.54) is 6.39 Å².